The van der Waals surface area contributed by atoms with Crippen LogP contribution in [0.15, 0.2) is 0 Å². The van der Waals surface area contributed by atoms with Crippen molar-refractivity contribution in [1.29, 1.82) is 10.5 Å². The molecule has 0 aromatic carbocycles. The lowest BCUT2D eigenvalue weighted by atomic mass is 10.1. The summed E-state index contributed by atoms with van der Waals surface area (Å²) in [5.41, 5.74) is 0. The minimum Gasteiger partial charge on any atom is -0.211 e. The summed E-state index contributed by atoms with van der Waals surface area (Å²) in [5.74, 6) is -0.259. The molecule has 0 saturated heterocycles. The van der Waals surface area contributed by atoms with Crippen molar-refractivity contribution < 1.29 is 8.42 Å². The first-order valence-electron chi connectivity index (χ1n) is 4.81. The summed E-state index contributed by atoms with van der Waals surface area (Å²) in [6, 6.07) is 3.44. The van der Waals surface area contributed by atoms with E-state index in [-0.39, 0.29) is 12.0 Å². The van der Waals surface area contributed by atoms with E-state index in [1.54, 1.807) is 6.07 Å². The maximum atomic E-state index is 11.5. The molecule has 1 aliphatic rings. The Hall–Kier alpha value is -1.11. The van der Waals surface area contributed by atoms with Crippen LogP contribution in [0.25, 0.3) is 0 Å². The SMILES string of the molecule is CC(C#N)S(=O)(=O)NC1CCCC1C#N. The highest BCUT2D eigenvalue weighted by atomic mass is 32.2. The monoisotopic (exact) mass is 227 g/mol. The molecule has 1 saturated carbocycles. The van der Waals surface area contributed by atoms with E-state index in [1.165, 1.54) is 6.92 Å². The molecule has 3 atom stereocenters. The molecule has 5 nitrogen and oxygen atoms in total. The Labute approximate surface area is 89.7 Å². The van der Waals surface area contributed by atoms with E-state index in [0.29, 0.717) is 6.42 Å². The average molecular weight is 227 g/mol. The highest BCUT2D eigenvalue weighted by Crippen LogP contribution is 2.25. The first kappa shape index (κ1) is 12.0. The first-order chi connectivity index (χ1) is 7.01. The van der Waals surface area contributed by atoms with E-state index in [9.17, 15) is 8.42 Å². The highest BCUT2D eigenvalue weighted by molar-refractivity contribution is 7.90. The van der Waals surface area contributed by atoms with Gasteiger partial charge in [0.1, 0.15) is 0 Å². The van der Waals surface area contributed by atoms with Gasteiger partial charge in [-0.15, -0.1) is 0 Å². The van der Waals surface area contributed by atoms with Crippen LogP contribution in [-0.4, -0.2) is 19.7 Å². The average Bonchev–Trinajstić information content (AvgIpc) is 2.63. The summed E-state index contributed by atoms with van der Waals surface area (Å²) < 4.78 is 25.5. The second-order valence-electron chi connectivity index (χ2n) is 3.71. The third kappa shape index (κ3) is 2.68. The third-order valence-electron chi connectivity index (χ3n) is 2.64. The zero-order valence-corrected chi connectivity index (χ0v) is 9.29. The molecule has 0 spiro atoms. The summed E-state index contributed by atoms with van der Waals surface area (Å²) in [7, 11) is -3.60. The Balaban J connectivity index is 2.71. The van der Waals surface area contributed by atoms with Crippen molar-refractivity contribution in [1.82, 2.24) is 4.72 Å². The van der Waals surface area contributed by atoms with Crippen molar-refractivity contribution in [3.63, 3.8) is 0 Å². The molecule has 0 aromatic heterocycles. The van der Waals surface area contributed by atoms with Crippen molar-refractivity contribution in [2.75, 3.05) is 0 Å². The summed E-state index contributed by atoms with van der Waals surface area (Å²) in [5, 5.41) is 16.2. The minimum absolute atomic E-state index is 0.259. The number of rotatable bonds is 3. The van der Waals surface area contributed by atoms with Crippen LogP contribution < -0.4 is 4.72 Å². The lowest BCUT2D eigenvalue weighted by molar-refractivity contribution is 0.512. The molecule has 0 amide bonds. The van der Waals surface area contributed by atoms with Crippen LogP contribution in [0.2, 0.25) is 0 Å². The normalized spacial score (nSPS) is 27.9. The summed E-state index contributed by atoms with van der Waals surface area (Å²) in [4.78, 5) is 0. The van der Waals surface area contributed by atoms with E-state index >= 15 is 0 Å². The molecule has 0 radical (unpaired) electrons. The van der Waals surface area contributed by atoms with E-state index in [1.807, 2.05) is 0 Å². The highest BCUT2D eigenvalue weighted by Gasteiger charge is 2.32. The number of sulfonamides is 1. The second kappa shape index (κ2) is 4.61. The quantitative estimate of drug-likeness (QED) is 0.760. The largest absolute Gasteiger partial charge is 0.227 e. The number of hydrogen-bond donors (Lipinski definition) is 1. The van der Waals surface area contributed by atoms with Crippen molar-refractivity contribution >= 4 is 10.0 Å². The van der Waals surface area contributed by atoms with E-state index in [0.717, 1.165) is 12.8 Å². The lowest BCUT2D eigenvalue weighted by Crippen LogP contribution is -2.41. The van der Waals surface area contributed by atoms with Crippen molar-refractivity contribution in [2.24, 2.45) is 5.92 Å². The molecule has 1 fully saturated rings. The fourth-order valence-corrected chi connectivity index (χ4v) is 2.69. The third-order valence-corrected chi connectivity index (χ3v) is 4.31. The molecule has 82 valence electrons. The van der Waals surface area contributed by atoms with E-state index < -0.39 is 15.3 Å². The molecule has 3 unspecified atom stereocenters. The first-order valence-corrected chi connectivity index (χ1v) is 6.36. The van der Waals surface area contributed by atoms with Gasteiger partial charge >= 0.3 is 0 Å². The number of hydrogen-bond acceptors (Lipinski definition) is 4. The van der Waals surface area contributed by atoms with Gasteiger partial charge in [-0.05, 0) is 19.8 Å². The van der Waals surface area contributed by atoms with Crippen LogP contribution >= 0.6 is 0 Å². The molecule has 1 aliphatic carbocycles. The molecule has 1 rings (SSSR count). The minimum atomic E-state index is -3.60. The Bertz CT molecular complexity index is 404. The molecule has 6 heteroatoms. The van der Waals surface area contributed by atoms with Gasteiger partial charge in [0.15, 0.2) is 5.25 Å². The lowest BCUT2D eigenvalue weighted by Gasteiger charge is -2.16. The van der Waals surface area contributed by atoms with Gasteiger partial charge in [0.2, 0.25) is 10.0 Å². The van der Waals surface area contributed by atoms with Gasteiger partial charge in [-0.2, -0.15) is 10.5 Å². The van der Waals surface area contributed by atoms with Crippen LogP contribution in [0.5, 0.6) is 0 Å². The smallest absolute Gasteiger partial charge is 0.211 e. The van der Waals surface area contributed by atoms with Crippen LogP contribution in [0, 0.1) is 28.6 Å². The Morgan fingerprint density at radius 1 is 1.40 bits per heavy atom. The van der Waals surface area contributed by atoms with Crippen molar-refractivity contribution in [2.45, 2.75) is 37.5 Å². The zero-order valence-electron chi connectivity index (χ0n) is 8.47. The van der Waals surface area contributed by atoms with E-state index in [4.69, 9.17) is 10.5 Å². The van der Waals surface area contributed by atoms with Crippen molar-refractivity contribution in [3.8, 4) is 12.1 Å². The van der Waals surface area contributed by atoms with Gasteiger partial charge in [-0.3, -0.25) is 0 Å². The summed E-state index contributed by atoms with van der Waals surface area (Å²) in [6.45, 7) is 1.33. The molecule has 15 heavy (non-hydrogen) atoms. The fraction of sp³-hybridized carbons (Fsp3) is 0.778. The molecular formula is C9H13N3O2S. The molecule has 0 aliphatic heterocycles. The maximum Gasteiger partial charge on any atom is 0.227 e. The van der Waals surface area contributed by atoms with Crippen molar-refractivity contribution in [3.05, 3.63) is 0 Å². The van der Waals surface area contributed by atoms with Gasteiger partial charge in [-0.1, -0.05) is 6.42 Å². The number of nitriles is 2. The molecule has 1 N–H and O–H groups in total. The van der Waals surface area contributed by atoms with Crippen LogP contribution in [0.3, 0.4) is 0 Å². The molecule has 0 aromatic rings. The maximum absolute atomic E-state index is 11.5. The second-order valence-corrected chi connectivity index (χ2v) is 5.74. The Morgan fingerprint density at radius 3 is 2.60 bits per heavy atom. The van der Waals surface area contributed by atoms with Crippen LogP contribution in [0.1, 0.15) is 26.2 Å². The summed E-state index contributed by atoms with van der Waals surface area (Å²) in [6.07, 6.45) is 2.26. The summed E-state index contributed by atoms with van der Waals surface area (Å²) >= 11 is 0. The predicted molar refractivity (Wildman–Crippen MR) is 53.9 cm³/mol. The van der Waals surface area contributed by atoms with Crippen LogP contribution in [-0.2, 0) is 10.0 Å². The topological polar surface area (TPSA) is 93.8 Å². The zero-order chi connectivity index (χ0) is 11.5. The number of nitrogens with zero attached hydrogens (tertiary/aromatic N) is 2. The van der Waals surface area contributed by atoms with Gasteiger partial charge in [0.25, 0.3) is 0 Å². The Morgan fingerprint density at radius 2 is 2.07 bits per heavy atom. The molecule has 0 bridgehead atoms. The van der Waals surface area contributed by atoms with Gasteiger partial charge in [0, 0.05) is 6.04 Å². The molecule has 0 heterocycles. The fourth-order valence-electron chi connectivity index (χ4n) is 1.64. The van der Waals surface area contributed by atoms with E-state index in [2.05, 4.69) is 10.8 Å². The van der Waals surface area contributed by atoms with Gasteiger partial charge < -0.3 is 0 Å². The van der Waals surface area contributed by atoms with Gasteiger partial charge in [0.05, 0.1) is 18.1 Å². The molecular weight excluding hydrogens is 214 g/mol. The predicted octanol–water partition coefficient (Wildman–Crippen LogP) is 0.510. The standard InChI is InChI=1S/C9H13N3O2S/c1-7(5-10)15(13,14)12-9-4-2-3-8(9)6-11/h7-9,12H,2-4H2,1H3. The van der Waals surface area contributed by atoms with Gasteiger partial charge in [-0.25, -0.2) is 13.1 Å². The van der Waals surface area contributed by atoms with Crippen LogP contribution in [0.4, 0.5) is 0 Å². The number of nitrogens with one attached hydrogen (secondary N) is 1. The Kier molecular flexibility index (Phi) is 3.67.